The van der Waals surface area contributed by atoms with Crippen molar-refractivity contribution in [2.24, 2.45) is 0 Å². The molecule has 3 heterocycles. The lowest BCUT2D eigenvalue weighted by molar-refractivity contribution is -0.121. The Morgan fingerprint density at radius 3 is 2.96 bits per heavy atom. The number of fused-ring (bicyclic) bond motifs is 1. The molecule has 1 fully saturated rings. The summed E-state index contributed by atoms with van der Waals surface area (Å²) in [6.45, 7) is 1.94. The van der Waals surface area contributed by atoms with Crippen LogP contribution in [0.3, 0.4) is 0 Å². The van der Waals surface area contributed by atoms with Crippen molar-refractivity contribution in [3.8, 4) is 11.5 Å². The number of aryl methyl sites for hydroxylation is 1. The highest BCUT2D eigenvalue weighted by Gasteiger charge is 2.23. The number of hydrogen-bond donors (Lipinski definition) is 1. The number of anilines is 1. The molecule has 0 aliphatic carbocycles. The molecule has 2 aromatic rings. The summed E-state index contributed by atoms with van der Waals surface area (Å²) < 4.78 is 10.7. The van der Waals surface area contributed by atoms with Crippen molar-refractivity contribution in [2.75, 3.05) is 24.8 Å². The van der Waals surface area contributed by atoms with Crippen molar-refractivity contribution in [2.45, 2.75) is 31.7 Å². The van der Waals surface area contributed by atoms with Gasteiger partial charge < -0.3 is 19.7 Å². The van der Waals surface area contributed by atoms with Gasteiger partial charge in [0.2, 0.25) is 18.6 Å². The molecule has 1 aromatic carbocycles. The lowest BCUT2D eigenvalue weighted by Gasteiger charge is -2.33. The third kappa shape index (κ3) is 3.87. The van der Waals surface area contributed by atoms with E-state index in [0.717, 1.165) is 48.9 Å². The van der Waals surface area contributed by atoms with E-state index < -0.39 is 0 Å². The molecular weight excluding hydrogens is 332 g/mol. The Hall–Kier alpha value is -2.83. The van der Waals surface area contributed by atoms with Gasteiger partial charge in [0.1, 0.15) is 0 Å². The predicted octanol–water partition coefficient (Wildman–Crippen LogP) is 1.92. The average Bonchev–Trinajstić information content (AvgIpc) is 3.15. The largest absolute Gasteiger partial charge is 0.454 e. The van der Waals surface area contributed by atoms with E-state index in [1.165, 1.54) is 0 Å². The molecule has 0 saturated carbocycles. The van der Waals surface area contributed by atoms with E-state index in [1.54, 1.807) is 12.4 Å². The molecule has 136 valence electrons. The average molecular weight is 354 g/mol. The number of aromatic nitrogens is 2. The lowest BCUT2D eigenvalue weighted by atomic mass is 10.0. The Labute approximate surface area is 152 Å². The minimum absolute atomic E-state index is 0.0727. The summed E-state index contributed by atoms with van der Waals surface area (Å²) in [5, 5.41) is 3.15. The van der Waals surface area contributed by atoms with Crippen molar-refractivity contribution in [1.82, 2.24) is 15.3 Å². The number of nitrogens with zero attached hydrogens (tertiary/aromatic N) is 3. The number of carbonyl (C=O) groups is 1. The van der Waals surface area contributed by atoms with Crippen LogP contribution >= 0.6 is 0 Å². The molecule has 0 radical (unpaired) electrons. The van der Waals surface area contributed by atoms with E-state index >= 15 is 0 Å². The van der Waals surface area contributed by atoms with Gasteiger partial charge in [-0.15, -0.1) is 0 Å². The van der Waals surface area contributed by atoms with Crippen LogP contribution in [0.4, 0.5) is 5.95 Å². The van der Waals surface area contributed by atoms with Gasteiger partial charge in [-0.2, -0.15) is 0 Å². The fourth-order valence-electron chi connectivity index (χ4n) is 3.39. The zero-order chi connectivity index (χ0) is 17.8. The zero-order valence-electron chi connectivity index (χ0n) is 14.6. The topological polar surface area (TPSA) is 76.6 Å². The second kappa shape index (κ2) is 7.59. The van der Waals surface area contributed by atoms with E-state index in [0.29, 0.717) is 12.8 Å². The van der Waals surface area contributed by atoms with Crippen LogP contribution in [0.25, 0.3) is 0 Å². The van der Waals surface area contributed by atoms with Gasteiger partial charge in [0.25, 0.3) is 0 Å². The Bertz CT molecular complexity index is 769. The molecule has 26 heavy (non-hydrogen) atoms. The number of carbonyl (C=O) groups excluding carboxylic acids is 1. The summed E-state index contributed by atoms with van der Waals surface area (Å²) in [5.74, 6) is 2.33. The number of hydrogen-bond acceptors (Lipinski definition) is 6. The first-order valence-corrected chi connectivity index (χ1v) is 8.98. The van der Waals surface area contributed by atoms with Gasteiger partial charge >= 0.3 is 0 Å². The maximum Gasteiger partial charge on any atom is 0.231 e. The second-order valence-corrected chi connectivity index (χ2v) is 6.59. The van der Waals surface area contributed by atoms with Crippen LogP contribution < -0.4 is 19.7 Å². The predicted molar refractivity (Wildman–Crippen MR) is 96.3 cm³/mol. The summed E-state index contributed by atoms with van der Waals surface area (Å²) in [5.41, 5.74) is 1.08. The first kappa shape index (κ1) is 16.6. The molecule has 1 saturated heterocycles. The van der Waals surface area contributed by atoms with Crippen LogP contribution in [-0.4, -0.2) is 41.8 Å². The maximum absolute atomic E-state index is 12.3. The van der Waals surface area contributed by atoms with Gasteiger partial charge in [-0.25, -0.2) is 9.97 Å². The highest BCUT2D eigenvalue weighted by molar-refractivity contribution is 5.76. The Balaban J connectivity index is 1.28. The normalized spacial score (nSPS) is 18.6. The number of ether oxygens (including phenoxy) is 2. The van der Waals surface area contributed by atoms with Crippen molar-refractivity contribution in [3.63, 3.8) is 0 Å². The fourth-order valence-corrected chi connectivity index (χ4v) is 3.39. The van der Waals surface area contributed by atoms with Crippen LogP contribution in [0.15, 0.2) is 36.7 Å². The molecule has 4 rings (SSSR count). The molecule has 1 N–H and O–H groups in total. The van der Waals surface area contributed by atoms with E-state index in [9.17, 15) is 4.79 Å². The highest BCUT2D eigenvalue weighted by atomic mass is 16.7. The number of piperidine rings is 1. The number of benzene rings is 1. The SMILES string of the molecule is O=C(CCc1ccc2c(c1)OCO2)N[C@@H]1CCCN(c2ncccn2)C1. The van der Waals surface area contributed by atoms with Gasteiger partial charge in [0.05, 0.1) is 0 Å². The summed E-state index contributed by atoms with van der Waals surface area (Å²) >= 11 is 0. The van der Waals surface area contributed by atoms with Crippen molar-refractivity contribution >= 4 is 11.9 Å². The molecule has 1 aromatic heterocycles. The smallest absolute Gasteiger partial charge is 0.231 e. The molecule has 0 bridgehead atoms. The minimum Gasteiger partial charge on any atom is -0.454 e. The quantitative estimate of drug-likeness (QED) is 0.884. The third-order valence-electron chi connectivity index (χ3n) is 4.70. The second-order valence-electron chi connectivity index (χ2n) is 6.59. The van der Waals surface area contributed by atoms with Gasteiger partial charge in [-0.05, 0) is 43.0 Å². The number of rotatable bonds is 5. The van der Waals surface area contributed by atoms with Crippen LogP contribution in [0, 0.1) is 0 Å². The van der Waals surface area contributed by atoms with Gasteiger partial charge in [-0.1, -0.05) is 6.07 Å². The van der Waals surface area contributed by atoms with Crippen LogP contribution in [0.5, 0.6) is 11.5 Å². The van der Waals surface area contributed by atoms with E-state index in [-0.39, 0.29) is 18.7 Å². The van der Waals surface area contributed by atoms with Crippen LogP contribution in [-0.2, 0) is 11.2 Å². The van der Waals surface area contributed by atoms with E-state index in [2.05, 4.69) is 20.2 Å². The molecule has 0 unspecified atom stereocenters. The first-order chi connectivity index (χ1) is 12.8. The standard InChI is InChI=1S/C19H22N4O3/c24-18(7-5-14-4-6-16-17(11-14)26-13-25-16)22-15-3-1-10-23(12-15)19-20-8-2-9-21-19/h2,4,6,8-9,11,15H,1,3,5,7,10,12-13H2,(H,22,24)/t15-/m1/s1. The van der Waals surface area contributed by atoms with Crippen molar-refractivity contribution < 1.29 is 14.3 Å². The third-order valence-corrected chi connectivity index (χ3v) is 4.70. The summed E-state index contributed by atoms with van der Waals surface area (Å²) in [6.07, 6.45) is 6.63. The molecule has 1 amide bonds. The molecular formula is C19H22N4O3. The molecule has 0 spiro atoms. The van der Waals surface area contributed by atoms with Gasteiger partial charge in [0, 0.05) is 37.9 Å². The molecule has 7 heteroatoms. The lowest BCUT2D eigenvalue weighted by Crippen LogP contribution is -2.48. The summed E-state index contributed by atoms with van der Waals surface area (Å²) in [6, 6.07) is 7.77. The van der Waals surface area contributed by atoms with Crippen molar-refractivity contribution in [1.29, 1.82) is 0 Å². The van der Waals surface area contributed by atoms with Gasteiger partial charge in [-0.3, -0.25) is 4.79 Å². The monoisotopic (exact) mass is 354 g/mol. The summed E-state index contributed by atoms with van der Waals surface area (Å²) in [7, 11) is 0. The number of amides is 1. The van der Waals surface area contributed by atoms with E-state index in [1.807, 2.05) is 24.3 Å². The number of nitrogens with one attached hydrogen (secondary N) is 1. The highest BCUT2D eigenvalue weighted by Crippen LogP contribution is 2.32. The first-order valence-electron chi connectivity index (χ1n) is 8.98. The molecule has 7 nitrogen and oxygen atoms in total. The van der Waals surface area contributed by atoms with Crippen LogP contribution in [0.1, 0.15) is 24.8 Å². The summed E-state index contributed by atoms with van der Waals surface area (Å²) in [4.78, 5) is 23.1. The van der Waals surface area contributed by atoms with Crippen LogP contribution in [0.2, 0.25) is 0 Å². The molecule has 2 aliphatic rings. The zero-order valence-corrected chi connectivity index (χ0v) is 14.6. The fraction of sp³-hybridized carbons (Fsp3) is 0.421. The van der Waals surface area contributed by atoms with Crippen molar-refractivity contribution in [3.05, 3.63) is 42.2 Å². The maximum atomic E-state index is 12.3. The van der Waals surface area contributed by atoms with E-state index in [4.69, 9.17) is 9.47 Å². The molecule has 1 atom stereocenters. The minimum atomic E-state index is 0.0727. The Kier molecular flexibility index (Phi) is 4.86. The Morgan fingerprint density at radius 1 is 1.23 bits per heavy atom. The Morgan fingerprint density at radius 2 is 2.08 bits per heavy atom. The van der Waals surface area contributed by atoms with Gasteiger partial charge in [0.15, 0.2) is 11.5 Å². The molecule has 2 aliphatic heterocycles.